The molecule has 21 heavy (non-hydrogen) atoms. The van der Waals surface area contributed by atoms with Crippen LogP contribution < -0.4 is 9.64 Å². The molecule has 0 fully saturated rings. The van der Waals surface area contributed by atoms with Crippen molar-refractivity contribution in [2.75, 3.05) is 18.0 Å². The lowest BCUT2D eigenvalue weighted by Crippen LogP contribution is -2.38. The smallest absolute Gasteiger partial charge is 0.275 e. The predicted octanol–water partition coefficient (Wildman–Crippen LogP) is 2.98. The summed E-state index contributed by atoms with van der Waals surface area (Å²) in [4.78, 5) is 12.5. The Kier molecular flexibility index (Phi) is 5.54. The van der Waals surface area contributed by atoms with Crippen LogP contribution in [0.5, 0.6) is 5.75 Å². The quantitative estimate of drug-likeness (QED) is 0.618. The van der Waals surface area contributed by atoms with Crippen LogP contribution in [0.25, 0.3) is 0 Å². The third kappa shape index (κ3) is 5.59. The van der Waals surface area contributed by atoms with Crippen LogP contribution in [0.2, 0.25) is 0 Å². The lowest BCUT2D eigenvalue weighted by molar-refractivity contribution is -0.384. The Morgan fingerprint density at radius 3 is 2.43 bits per heavy atom. The molecule has 0 saturated carbocycles. The molecule has 0 aromatic heterocycles. The van der Waals surface area contributed by atoms with E-state index in [1.807, 2.05) is 25.7 Å². The average molecular weight is 296 g/mol. The van der Waals surface area contributed by atoms with E-state index in [1.54, 1.807) is 19.9 Å². The minimum Gasteiger partial charge on any atom is -0.491 e. The van der Waals surface area contributed by atoms with Crippen molar-refractivity contribution in [3.8, 4) is 5.75 Å². The molecule has 0 saturated heterocycles. The van der Waals surface area contributed by atoms with Crippen molar-refractivity contribution >= 4 is 11.4 Å². The van der Waals surface area contributed by atoms with E-state index in [-0.39, 0.29) is 11.8 Å². The number of ether oxygens (including phenoxy) is 1. The lowest BCUT2D eigenvalue weighted by atomic mass is 10.1. The molecule has 1 rings (SSSR count). The molecule has 1 N–H and O–H groups in total. The lowest BCUT2D eigenvalue weighted by Gasteiger charge is -2.30. The fourth-order valence-electron chi connectivity index (χ4n) is 2.05. The Hall–Kier alpha value is -1.82. The molecule has 0 amide bonds. The Bertz CT molecular complexity index is 495. The molecular formula is C15H24N2O4. The molecule has 0 aliphatic carbocycles. The molecule has 0 unspecified atom stereocenters. The second-order valence-corrected chi connectivity index (χ2v) is 5.94. The summed E-state index contributed by atoms with van der Waals surface area (Å²) < 4.78 is 5.58. The highest BCUT2D eigenvalue weighted by atomic mass is 16.6. The van der Waals surface area contributed by atoms with Gasteiger partial charge in [0, 0.05) is 30.9 Å². The van der Waals surface area contributed by atoms with Crippen molar-refractivity contribution < 1.29 is 14.8 Å². The SMILES string of the molecule is CCN(CC(C)(C)O)c1cc(OC(C)C)cc([N+](=O)[O-])c1. The Morgan fingerprint density at radius 2 is 2.00 bits per heavy atom. The van der Waals surface area contributed by atoms with Gasteiger partial charge in [-0.25, -0.2) is 0 Å². The largest absolute Gasteiger partial charge is 0.491 e. The number of nitrogens with zero attached hydrogens (tertiary/aromatic N) is 2. The van der Waals surface area contributed by atoms with E-state index < -0.39 is 10.5 Å². The molecule has 1 aromatic carbocycles. The van der Waals surface area contributed by atoms with Crippen molar-refractivity contribution in [1.82, 2.24) is 0 Å². The van der Waals surface area contributed by atoms with Gasteiger partial charge in [0.25, 0.3) is 5.69 Å². The van der Waals surface area contributed by atoms with Gasteiger partial charge in [0.15, 0.2) is 0 Å². The van der Waals surface area contributed by atoms with Gasteiger partial charge in [-0.05, 0) is 34.6 Å². The maximum absolute atomic E-state index is 11.1. The van der Waals surface area contributed by atoms with Gasteiger partial charge in [-0.1, -0.05) is 0 Å². The molecule has 1 aromatic rings. The summed E-state index contributed by atoms with van der Waals surface area (Å²) >= 11 is 0. The first-order valence-electron chi connectivity index (χ1n) is 7.06. The third-order valence-electron chi connectivity index (χ3n) is 2.78. The van der Waals surface area contributed by atoms with Crippen molar-refractivity contribution in [3.05, 3.63) is 28.3 Å². The highest BCUT2D eigenvalue weighted by Gasteiger charge is 2.20. The number of likely N-dealkylation sites (N-methyl/N-ethyl adjacent to an activating group) is 1. The predicted molar refractivity (Wildman–Crippen MR) is 83.0 cm³/mol. The highest BCUT2D eigenvalue weighted by molar-refractivity contribution is 5.58. The number of hydrogen-bond acceptors (Lipinski definition) is 5. The zero-order valence-electron chi connectivity index (χ0n) is 13.3. The van der Waals surface area contributed by atoms with Crippen molar-refractivity contribution in [3.63, 3.8) is 0 Å². The van der Waals surface area contributed by atoms with E-state index in [1.165, 1.54) is 12.1 Å². The van der Waals surface area contributed by atoms with Crippen molar-refractivity contribution in [2.45, 2.75) is 46.3 Å². The molecule has 6 heteroatoms. The van der Waals surface area contributed by atoms with Gasteiger partial charge in [0.05, 0.1) is 22.7 Å². The third-order valence-corrected chi connectivity index (χ3v) is 2.78. The fraction of sp³-hybridized carbons (Fsp3) is 0.600. The van der Waals surface area contributed by atoms with Crippen LogP contribution >= 0.6 is 0 Å². The Morgan fingerprint density at radius 1 is 1.38 bits per heavy atom. The van der Waals surface area contributed by atoms with E-state index in [0.717, 1.165) is 0 Å². The average Bonchev–Trinajstić information content (AvgIpc) is 2.33. The van der Waals surface area contributed by atoms with E-state index in [2.05, 4.69) is 0 Å². The van der Waals surface area contributed by atoms with E-state index in [0.29, 0.717) is 24.5 Å². The molecule has 0 bridgehead atoms. The first-order valence-corrected chi connectivity index (χ1v) is 7.06. The summed E-state index contributed by atoms with van der Waals surface area (Å²) in [7, 11) is 0. The van der Waals surface area contributed by atoms with E-state index >= 15 is 0 Å². The van der Waals surface area contributed by atoms with Gasteiger partial charge in [-0.3, -0.25) is 10.1 Å². The topological polar surface area (TPSA) is 75.8 Å². The van der Waals surface area contributed by atoms with Crippen LogP contribution in [0.3, 0.4) is 0 Å². The maximum atomic E-state index is 11.1. The molecule has 0 atom stereocenters. The molecule has 0 aliphatic rings. The normalized spacial score (nSPS) is 11.6. The minimum atomic E-state index is -0.889. The molecule has 0 spiro atoms. The summed E-state index contributed by atoms with van der Waals surface area (Å²) in [6.45, 7) is 10.1. The first-order chi connectivity index (χ1) is 9.62. The molecule has 0 aliphatic heterocycles. The summed E-state index contributed by atoms with van der Waals surface area (Å²) in [6, 6.07) is 4.69. The van der Waals surface area contributed by atoms with Crippen LogP contribution in [-0.2, 0) is 0 Å². The summed E-state index contributed by atoms with van der Waals surface area (Å²) in [5, 5.41) is 21.0. The van der Waals surface area contributed by atoms with Crippen molar-refractivity contribution in [1.29, 1.82) is 0 Å². The maximum Gasteiger partial charge on any atom is 0.275 e. The number of rotatable bonds is 7. The second kappa shape index (κ2) is 6.76. The van der Waals surface area contributed by atoms with E-state index in [9.17, 15) is 15.2 Å². The highest BCUT2D eigenvalue weighted by Crippen LogP contribution is 2.29. The van der Waals surface area contributed by atoms with Crippen LogP contribution in [-0.4, -0.2) is 34.8 Å². The van der Waals surface area contributed by atoms with Crippen LogP contribution in [0.1, 0.15) is 34.6 Å². The number of aliphatic hydroxyl groups is 1. The number of benzene rings is 1. The number of non-ortho nitro benzene ring substituents is 1. The molecular weight excluding hydrogens is 272 g/mol. The zero-order valence-corrected chi connectivity index (χ0v) is 13.3. The van der Waals surface area contributed by atoms with Crippen molar-refractivity contribution in [2.24, 2.45) is 0 Å². The Labute approximate surface area is 125 Å². The molecule has 6 nitrogen and oxygen atoms in total. The monoisotopic (exact) mass is 296 g/mol. The van der Waals surface area contributed by atoms with Crippen LogP contribution in [0.15, 0.2) is 18.2 Å². The summed E-state index contributed by atoms with van der Waals surface area (Å²) in [6.07, 6.45) is -0.0655. The number of nitro groups is 1. The van der Waals surface area contributed by atoms with E-state index in [4.69, 9.17) is 4.74 Å². The van der Waals surface area contributed by atoms with Crippen LogP contribution in [0.4, 0.5) is 11.4 Å². The zero-order chi connectivity index (χ0) is 16.2. The minimum absolute atomic E-state index is 0.0163. The van der Waals surface area contributed by atoms with Gasteiger partial charge in [0.2, 0.25) is 0 Å². The van der Waals surface area contributed by atoms with Gasteiger partial charge >= 0.3 is 0 Å². The van der Waals surface area contributed by atoms with Gasteiger partial charge in [-0.15, -0.1) is 0 Å². The van der Waals surface area contributed by atoms with Gasteiger partial charge in [-0.2, -0.15) is 0 Å². The van der Waals surface area contributed by atoms with Gasteiger partial charge in [0.1, 0.15) is 5.75 Å². The second-order valence-electron chi connectivity index (χ2n) is 5.94. The Balaban J connectivity index is 3.19. The first kappa shape index (κ1) is 17.2. The number of anilines is 1. The van der Waals surface area contributed by atoms with Crippen LogP contribution in [0, 0.1) is 10.1 Å². The molecule has 0 heterocycles. The fourth-order valence-corrected chi connectivity index (χ4v) is 2.05. The number of nitro benzene ring substituents is 1. The number of hydrogen-bond donors (Lipinski definition) is 1. The summed E-state index contributed by atoms with van der Waals surface area (Å²) in [5.74, 6) is 0.461. The molecule has 0 radical (unpaired) electrons. The standard InChI is InChI=1S/C15H24N2O4/c1-6-16(10-15(4,5)18)12-7-13(17(19)20)9-14(8-12)21-11(2)3/h7-9,11,18H,6,10H2,1-5H3. The van der Waals surface area contributed by atoms with Gasteiger partial charge < -0.3 is 14.7 Å². The summed E-state index contributed by atoms with van der Waals surface area (Å²) in [5.41, 5.74) is -0.235. The molecule has 118 valence electrons.